The summed E-state index contributed by atoms with van der Waals surface area (Å²) >= 11 is 0. The third-order valence-electron chi connectivity index (χ3n) is 3.81. The molecule has 110 valence electrons. The Morgan fingerprint density at radius 2 is 1.00 bits per heavy atom. The highest BCUT2D eigenvalue weighted by molar-refractivity contribution is 7.79. The summed E-state index contributed by atoms with van der Waals surface area (Å²) in [5.41, 5.74) is 3.96. The number of rotatable bonds is 3. The van der Waals surface area contributed by atoms with Crippen LogP contribution in [0.2, 0.25) is 0 Å². The van der Waals surface area contributed by atoms with Gasteiger partial charge in [-0.1, -0.05) is 89.5 Å². The Balaban J connectivity index is 2.15. The van der Waals surface area contributed by atoms with E-state index in [0.29, 0.717) is 0 Å². The molecule has 0 saturated heterocycles. The first-order valence-corrected chi connectivity index (χ1v) is 8.98. The molecule has 3 aromatic carbocycles. The van der Waals surface area contributed by atoms with E-state index in [2.05, 4.69) is 93.6 Å². The molecule has 22 heavy (non-hydrogen) atoms. The van der Waals surface area contributed by atoms with Gasteiger partial charge >= 0.3 is 0 Å². The van der Waals surface area contributed by atoms with Gasteiger partial charge in [-0.25, -0.2) is 0 Å². The Morgan fingerprint density at radius 1 is 0.500 bits per heavy atom. The Kier molecular flexibility index (Phi) is 4.41. The van der Waals surface area contributed by atoms with Crippen molar-refractivity contribution in [3.63, 3.8) is 0 Å². The van der Waals surface area contributed by atoms with Crippen LogP contribution in [0.25, 0.3) is 0 Å². The van der Waals surface area contributed by atoms with Crippen molar-refractivity contribution >= 4 is 23.8 Å². The molecule has 0 saturated carbocycles. The summed E-state index contributed by atoms with van der Waals surface area (Å²) in [6.07, 6.45) is 0. The van der Waals surface area contributed by atoms with Crippen molar-refractivity contribution in [3.8, 4) is 0 Å². The van der Waals surface area contributed by atoms with Gasteiger partial charge in [0.05, 0.1) is 0 Å². The quantitative estimate of drug-likeness (QED) is 0.630. The topological polar surface area (TPSA) is 0 Å². The first-order chi connectivity index (χ1) is 10.6. The van der Waals surface area contributed by atoms with Crippen LogP contribution >= 0.6 is 7.92 Å². The van der Waals surface area contributed by atoms with Crippen molar-refractivity contribution in [1.82, 2.24) is 0 Å². The Morgan fingerprint density at radius 3 is 1.45 bits per heavy atom. The SMILES string of the molecule is Cc1ccc(P(c2cccc(C)c2)c2cccc(C)c2)cc1. The molecule has 1 heteroatoms. The molecule has 0 nitrogen and oxygen atoms in total. The van der Waals surface area contributed by atoms with Crippen molar-refractivity contribution in [3.05, 3.63) is 89.5 Å². The standard InChI is InChI=1S/C21H21P/c1-16-10-12-19(13-11-16)22(20-8-4-6-17(2)14-20)21-9-5-7-18(3)15-21/h4-15H,1-3H3. The highest BCUT2D eigenvalue weighted by atomic mass is 31.1. The molecule has 3 rings (SSSR count). The van der Waals surface area contributed by atoms with E-state index >= 15 is 0 Å². The van der Waals surface area contributed by atoms with Crippen molar-refractivity contribution < 1.29 is 0 Å². The minimum atomic E-state index is -0.491. The summed E-state index contributed by atoms with van der Waals surface area (Å²) in [6.45, 7) is 6.48. The Hall–Kier alpha value is -1.91. The van der Waals surface area contributed by atoms with E-state index in [1.165, 1.54) is 32.6 Å². The highest BCUT2D eigenvalue weighted by Crippen LogP contribution is 2.33. The second-order valence-electron chi connectivity index (χ2n) is 5.85. The zero-order valence-electron chi connectivity index (χ0n) is 13.4. The van der Waals surface area contributed by atoms with Gasteiger partial charge in [0, 0.05) is 0 Å². The lowest BCUT2D eigenvalue weighted by atomic mass is 10.2. The van der Waals surface area contributed by atoms with Crippen LogP contribution < -0.4 is 15.9 Å². The fourth-order valence-electron chi connectivity index (χ4n) is 2.68. The van der Waals surface area contributed by atoms with Crippen LogP contribution in [-0.2, 0) is 0 Å². The molecule has 0 radical (unpaired) electrons. The van der Waals surface area contributed by atoms with E-state index in [0.717, 1.165) is 0 Å². The number of aryl methyl sites for hydroxylation is 3. The summed E-state index contributed by atoms with van der Waals surface area (Å²) in [4.78, 5) is 0. The van der Waals surface area contributed by atoms with E-state index < -0.39 is 7.92 Å². The Labute approximate surface area is 134 Å². The lowest BCUT2D eigenvalue weighted by Crippen LogP contribution is -2.21. The van der Waals surface area contributed by atoms with Gasteiger partial charge in [-0.05, 0) is 44.6 Å². The second-order valence-corrected chi connectivity index (χ2v) is 8.07. The van der Waals surface area contributed by atoms with E-state index in [-0.39, 0.29) is 0 Å². The van der Waals surface area contributed by atoms with Crippen LogP contribution in [0, 0.1) is 20.8 Å². The smallest absolute Gasteiger partial charge is 0.0134 e. The van der Waals surface area contributed by atoms with Gasteiger partial charge in [0.2, 0.25) is 0 Å². The third kappa shape index (κ3) is 3.29. The molecular formula is C21H21P. The molecular weight excluding hydrogens is 283 g/mol. The van der Waals surface area contributed by atoms with Crippen LogP contribution in [0.5, 0.6) is 0 Å². The lowest BCUT2D eigenvalue weighted by Gasteiger charge is -2.20. The molecule has 0 spiro atoms. The molecule has 0 unspecified atom stereocenters. The zero-order valence-corrected chi connectivity index (χ0v) is 14.3. The van der Waals surface area contributed by atoms with Crippen molar-refractivity contribution in [1.29, 1.82) is 0 Å². The second kappa shape index (κ2) is 6.46. The number of benzene rings is 3. The van der Waals surface area contributed by atoms with Crippen LogP contribution in [0.15, 0.2) is 72.8 Å². The van der Waals surface area contributed by atoms with Gasteiger partial charge in [-0.3, -0.25) is 0 Å². The monoisotopic (exact) mass is 304 g/mol. The van der Waals surface area contributed by atoms with E-state index in [4.69, 9.17) is 0 Å². The molecule has 3 aromatic rings. The van der Waals surface area contributed by atoms with Crippen molar-refractivity contribution in [2.75, 3.05) is 0 Å². The molecule has 0 aromatic heterocycles. The lowest BCUT2D eigenvalue weighted by molar-refractivity contribution is 1.48. The normalized spacial score (nSPS) is 10.9. The van der Waals surface area contributed by atoms with Gasteiger partial charge in [0.1, 0.15) is 0 Å². The number of hydrogen-bond acceptors (Lipinski definition) is 0. The fourth-order valence-corrected chi connectivity index (χ4v) is 5.15. The maximum Gasteiger partial charge on any atom is -0.0134 e. The largest absolute Gasteiger partial charge is 0.0613 e. The zero-order chi connectivity index (χ0) is 15.5. The van der Waals surface area contributed by atoms with Gasteiger partial charge in [0.15, 0.2) is 0 Å². The minimum Gasteiger partial charge on any atom is -0.0613 e. The molecule has 0 amide bonds. The average Bonchev–Trinajstić information content (AvgIpc) is 2.50. The van der Waals surface area contributed by atoms with Crippen LogP contribution in [-0.4, -0.2) is 0 Å². The molecule has 0 N–H and O–H groups in total. The van der Waals surface area contributed by atoms with E-state index in [1.807, 2.05) is 0 Å². The van der Waals surface area contributed by atoms with Gasteiger partial charge in [-0.2, -0.15) is 0 Å². The average molecular weight is 304 g/mol. The van der Waals surface area contributed by atoms with E-state index in [1.54, 1.807) is 0 Å². The van der Waals surface area contributed by atoms with Crippen LogP contribution in [0.4, 0.5) is 0 Å². The molecule has 0 fully saturated rings. The summed E-state index contributed by atoms with van der Waals surface area (Å²) in [6, 6.07) is 26.9. The third-order valence-corrected chi connectivity index (χ3v) is 6.22. The molecule has 0 heterocycles. The molecule has 0 aliphatic heterocycles. The summed E-state index contributed by atoms with van der Waals surface area (Å²) in [5, 5.41) is 4.26. The maximum atomic E-state index is 2.33. The first-order valence-electron chi connectivity index (χ1n) is 7.63. The maximum absolute atomic E-state index is 2.33. The van der Waals surface area contributed by atoms with Gasteiger partial charge < -0.3 is 0 Å². The Bertz CT molecular complexity index is 726. The predicted octanol–water partition coefficient (Wildman–Crippen LogP) is 4.37. The highest BCUT2D eigenvalue weighted by Gasteiger charge is 2.16. The summed E-state index contributed by atoms with van der Waals surface area (Å²) in [7, 11) is -0.491. The van der Waals surface area contributed by atoms with Gasteiger partial charge in [-0.15, -0.1) is 0 Å². The fraction of sp³-hybridized carbons (Fsp3) is 0.143. The molecule has 0 bridgehead atoms. The van der Waals surface area contributed by atoms with Crippen LogP contribution in [0.3, 0.4) is 0 Å². The van der Waals surface area contributed by atoms with Gasteiger partial charge in [0.25, 0.3) is 0 Å². The van der Waals surface area contributed by atoms with Crippen LogP contribution in [0.1, 0.15) is 16.7 Å². The van der Waals surface area contributed by atoms with Crippen molar-refractivity contribution in [2.45, 2.75) is 20.8 Å². The molecule has 0 aliphatic carbocycles. The minimum absolute atomic E-state index is 0.491. The van der Waals surface area contributed by atoms with E-state index in [9.17, 15) is 0 Å². The van der Waals surface area contributed by atoms with Crippen molar-refractivity contribution in [2.24, 2.45) is 0 Å². The predicted molar refractivity (Wildman–Crippen MR) is 99.4 cm³/mol. The molecule has 0 aliphatic rings. The number of hydrogen-bond donors (Lipinski definition) is 0. The molecule has 0 atom stereocenters. The summed E-state index contributed by atoms with van der Waals surface area (Å²) in [5.74, 6) is 0. The first kappa shape index (κ1) is 15.0. The summed E-state index contributed by atoms with van der Waals surface area (Å²) < 4.78 is 0.